The summed E-state index contributed by atoms with van der Waals surface area (Å²) in [5.74, 6) is 0.908. The summed E-state index contributed by atoms with van der Waals surface area (Å²) >= 11 is 1.35. The van der Waals surface area contributed by atoms with Crippen molar-refractivity contribution in [1.29, 1.82) is 0 Å². The number of aromatic nitrogens is 2. The molecule has 0 aliphatic heterocycles. The Balaban J connectivity index is 1.38. The zero-order chi connectivity index (χ0) is 20.3. The van der Waals surface area contributed by atoms with Crippen molar-refractivity contribution in [2.45, 2.75) is 37.8 Å². The van der Waals surface area contributed by atoms with E-state index in [1.54, 1.807) is 6.21 Å². The van der Waals surface area contributed by atoms with Crippen LogP contribution >= 0.6 is 11.8 Å². The van der Waals surface area contributed by atoms with E-state index in [1.165, 1.54) is 31.0 Å². The molecule has 0 aliphatic carbocycles. The molecule has 0 spiro atoms. The van der Waals surface area contributed by atoms with Crippen molar-refractivity contribution >= 4 is 34.9 Å². The lowest BCUT2D eigenvalue weighted by Crippen LogP contribution is -2.19. The summed E-state index contributed by atoms with van der Waals surface area (Å²) in [7, 11) is 0. The molecule has 29 heavy (non-hydrogen) atoms. The van der Waals surface area contributed by atoms with Gasteiger partial charge in [-0.3, -0.25) is 4.79 Å². The molecular weight excluding hydrogens is 384 g/mol. The van der Waals surface area contributed by atoms with E-state index in [4.69, 9.17) is 4.74 Å². The average Bonchev–Trinajstić information content (AvgIpc) is 3.16. The van der Waals surface area contributed by atoms with Gasteiger partial charge in [0, 0.05) is 0 Å². The number of para-hydroxylation sites is 2. The smallest absolute Gasteiger partial charge is 0.250 e. The predicted molar refractivity (Wildman–Crippen MR) is 119 cm³/mol. The van der Waals surface area contributed by atoms with Crippen LogP contribution in [-0.2, 0) is 4.79 Å². The molecule has 0 radical (unpaired) electrons. The predicted octanol–water partition coefficient (Wildman–Crippen LogP) is 4.76. The van der Waals surface area contributed by atoms with Crippen molar-refractivity contribution in [2.24, 2.45) is 5.10 Å². The summed E-state index contributed by atoms with van der Waals surface area (Å²) in [5, 5.41) is 4.73. The summed E-state index contributed by atoms with van der Waals surface area (Å²) in [6.45, 7) is 2.94. The minimum absolute atomic E-state index is 0.182. The highest BCUT2D eigenvalue weighted by atomic mass is 32.2. The second kappa shape index (κ2) is 11.3. The molecule has 0 bridgehead atoms. The number of rotatable bonds is 11. The minimum Gasteiger partial charge on any atom is -0.494 e. The maximum Gasteiger partial charge on any atom is 0.250 e. The quantitative estimate of drug-likeness (QED) is 0.207. The van der Waals surface area contributed by atoms with Gasteiger partial charge in [0.15, 0.2) is 5.16 Å². The lowest BCUT2D eigenvalue weighted by Gasteiger charge is -2.05. The summed E-state index contributed by atoms with van der Waals surface area (Å²) in [6, 6.07) is 15.4. The zero-order valence-electron chi connectivity index (χ0n) is 16.6. The van der Waals surface area contributed by atoms with Gasteiger partial charge in [0.05, 0.1) is 29.6 Å². The van der Waals surface area contributed by atoms with Crippen LogP contribution < -0.4 is 10.2 Å². The molecule has 7 heteroatoms. The highest BCUT2D eigenvalue weighted by Crippen LogP contribution is 2.18. The Morgan fingerprint density at radius 3 is 2.79 bits per heavy atom. The Kier molecular flexibility index (Phi) is 8.12. The Hall–Kier alpha value is -2.80. The normalized spacial score (nSPS) is 11.2. The fourth-order valence-corrected chi connectivity index (χ4v) is 3.39. The van der Waals surface area contributed by atoms with Crippen LogP contribution in [-0.4, -0.2) is 34.4 Å². The molecule has 0 unspecified atom stereocenters. The Labute approximate surface area is 175 Å². The van der Waals surface area contributed by atoms with Crippen LogP contribution in [0.4, 0.5) is 0 Å². The standard InChI is InChI=1S/C22H26N4O2S/c1-2-3-4-7-14-28-18-12-10-17(11-13-18)15-23-26-21(27)16-29-22-24-19-8-5-6-9-20(19)25-22/h5-6,8-13,15H,2-4,7,14,16H2,1H3,(H,24,25)(H,26,27)/b23-15+. The van der Waals surface area contributed by atoms with Crippen LogP contribution in [0.5, 0.6) is 5.75 Å². The number of hydrogen-bond acceptors (Lipinski definition) is 5. The summed E-state index contributed by atoms with van der Waals surface area (Å²) in [4.78, 5) is 19.6. The number of unbranched alkanes of at least 4 members (excludes halogenated alkanes) is 3. The van der Waals surface area contributed by atoms with Gasteiger partial charge in [-0.25, -0.2) is 10.4 Å². The second-order valence-electron chi connectivity index (χ2n) is 6.62. The van der Waals surface area contributed by atoms with E-state index in [9.17, 15) is 4.79 Å². The molecule has 0 saturated heterocycles. The number of nitrogens with zero attached hydrogens (tertiary/aromatic N) is 2. The van der Waals surface area contributed by atoms with Crippen LogP contribution in [0.25, 0.3) is 11.0 Å². The number of carbonyl (C=O) groups excluding carboxylic acids is 1. The van der Waals surface area contributed by atoms with Crippen molar-refractivity contribution in [1.82, 2.24) is 15.4 Å². The molecule has 152 valence electrons. The maximum absolute atomic E-state index is 12.0. The van der Waals surface area contributed by atoms with Crippen LogP contribution in [0.2, 0.25) is 0 Å². The van der Waals surface area contributed by atoms with E-state index in [1.807, 2.05) is 48.5 Å². The van der Waals surface area contributed by atoms with E-state index in [2.05, 4.69) is 27.4 Å². The number of aromatic amines is 1. The van der Waals surface area contributed by atoms with Crippen LogP contribution in [0.3, 0.4) is 0 Å². The van der Waals surface area contributed by atoms with Gasteiger partial charge in [-0.1, -0.05) is 50.1 Å². The highest BCUT2D eigenvalue weighted by molar-refractivity contribution is 7.99. The Morgan fingerprint density at radius 1 is 1.17 bits per heavy atom. The van der Waals surface area contributed by atoms with Gasteiger partial charge in [0.2, 0.25) is 0 Å². The molecule has 1 amide bonds. The second-order valence-corrected chi connectivity index (χ2v) is 7.58. The molecule has 3 rings (SSSR count). The number of amides is 1. The van der Waals surface area contributed by atoms with E-state index in [-0.39, 0.29) is 11.7 Å². The zero-order valence-corrected chi connectivity index (χ0v) is 17.4. The molecule has 2 aromatic carbocycles. The molecule has 1 aromatic heterocycles. The third-order valence-corrected chi connectivity index (χ3v) is 5.13. The molecule has 1 heterocycles. The lowest BCUT2D eigenvalue weighted by molar-refractivity contribution is -0.118. The average molecular weight is 411 g/mol. The number of carbonyl (C=O) groups is 1. The molecule has 3 aromatic rings. The number of nitrogens with one attached hydrogen (secondary N) is 2. The first kappa shape index (κ1) is 20.9. The first-order valence-corrected chi connectivity index (χ1v) is 10.9. The van der Waals surface area contributed by atoms with Gasteiger partial charge in [0.25, 0.3) is 5.91 Å². The number of ether oxygens (including phenoxy) is 1. The van der Waals surface area contributed by atoms with E-state index < -0.39 is 0 Å². The van der Waals surface area contributed by atoms with Crippen molar-refractivity contribution in [2.75, 3.05) is 12.4 Å². The van der Waals surface area contributed by atoms with Crippen molar-refractivity contribution in [3.63, 3.8) is 0 Å². The topological polar surface area (TPSA) is 79.4 Å². The van der Waals surface area contributed by atoms with Gasteiger partial charge < -0.3 is 9.72 Å². The minimum atomic E-state index is -0.182. The monoisotopic (exact) mass is 410 g/mol. The molecule has 6 nitrogen and oxygen atoms in total. The van der Waals surface area contributed by atoms with Gasteiger partial charge in [0.1, 0.15) is 5.75 Å². The fourth-order valence-electron chi connectivity index (χ4n) is 2.71. The number of imidazole rings is 1. The summed E-state index contributed by atoms with van der Waals surface area (Å²) in [5.41, 5.74) is 5.29. The van der Waals surface area contributed by atoms with Crippen molar-refractivity contribution < 1.29 is 9.53 Å². The first-order valence-electron chi connectivity index (χ1n) is 9.87. The molecule has 0 atom stereocenters. The molecular formula is C22H26N4O2S. The van der Waals surface area contributed by atoms with Gasteiger partial charge in [-0.05, 0) is 48.4 Å². The van der Waals surface area contributed by atoms with E-state index in [0.29, 0.717) is 0 Å². The fraction of sp³-hybridized carbons (Fsp3) is 0.318. The maximum atomic E-state index is 12.0. The molecule has 0 saturated carbocycles. The Bertz CT molecular complexity index is 904. The van der Waals surface area contributed by atoms with Crippen molar-refractivity contribution in [3.8, 4) is 5.75 Å². The van der Waals surface area contributed by atoms with Crippen molar-refractivity contribution in [3.05, 3.63) is 54.1 Å². The third-order valence-electron chi connectivity index (χ3n) is 4.26. The number of benzene rings is 2. The van der Waals surface area contributed by atoms with E-state index >= 15 is 0 Å². The lowest BCUT2D eigenvalue weighted by atomic mass is 10.2. The van der Waals surface area contributed by atoms with Crippen LogP contribution in [0.15, 0.2) is 58.8 Å². The van der Waals surface area contributed by atoms with Gasteiger partial charge in [-0.15, -0.1) is 0 Å². The molecule has 0 fully saturated rings. The van der Waals surface area contributed by atoms with Crippen LogP contribution in [0.1, 0.15) is 38.2 Å². The third kappa shape index (κ3) is 6.94. The van der Waals surface area contributed by atoms with E-state index in [0.717, 1.165) is 40.5 Å². The highest BCUT2D eigenvalue weighted by Gasteiger charge is 2.06. The number of hydrogen-bond donors (Lipinski definition) is 2. The SMILES string of the molecule is CCCCCCOc1ccc(/C=N/NC(=O)CSc2nc3ccccc3[nH]2)cc1. The first-order chi connectivity index (χ1) is 14.2. The van der Waals surface area contributed by atoms with Gasteiger partial charge in [-0.2, -0.15) is 5.10 Å². The summed E-state index contributed by atoms with van der Waals surface area (Å²) < 4.78 is 5.72. The number of thioether (sulfide) groups is 1. The molecule has 2 N–H and O–H groups in total. The number of fused-ring (bicyclic) bond motifs is 1. The number of hydrazone groups is 1. The van der Waals surface area contributed by atoms with Gasteiger partial charge >= 0.3 is 0 Å². The van der Waals surface area contributed by atoms with Crippen LogP contribution in [0, 0.1) is 0 Å². The summed E-state index contributed by atoms with van der Waals surface area (Å²) in [6.07, 6.45) is 6.38. The largest absolute Gasteiger partial charge is 0.494 e. The number of H-pyrrole nitrogens is 1. The molecule has 0 aliphatic rings. The Morgan fingerprint density at radius 2 is 2.00 bits per heavy atom.